The second-order valence-electron chi connectivity index (χ2n) is 16.9. The minimum absolute atomic E-state index is 0.394. The van der Waals surface area contributed by atoms with Gasteiger partial charge in [0.25, 0.3) is 0 Å². The number of rotatable bonds is 21. The first kappa shape index (κ1) is 43.0. The fourth-order valence-corrected chi connectivity index (χ4v) is 9.19. The van der Waals surface area contributed by atoms with Crippen molar-refractivity contribution in [1.82, 2.24) is 0 Å². The zero-order valence-corrected chi connectivity index (χ0v) is 35.0. The van der Waals surface area contributed by atoms with E-state index in [1.54, 1.807) is 24.3 Å². The van der Waals surface area contributed by atoms with Crippen molar-refractivity contribution in [2.75, 3.05) is 13.2 Å². The number of esters is 2. The predicted molar refractivity (Wildman–Crippen MR) is 232 cm³/mol. The highest BCUT2D eigenvalue weighted by Crippen LogP contribution is 2.38. The van der Waals surface area contributed by atoms with Gasteiger partial charge in [0.2, 0.25) is 0 Å². The van der Waals surface area contributed by atoms with Gasteiger partial charge in [0.05, 0.1) is 24.3 Å². The molecule has 58 heavy (non-hydrogen) atoms. The number of hydrogen-bond acceptors (Lipinski definition) is 6. The molecule has 0 saturated heterocycles. The van der Waals surface area contributed by atoms with Crippen molar-refractivity contribution in [2.45, 2.75) is 129 Å². The van der Waals surface area contributed by atoms with E-state index in [4.69, 9.17) is 18.9 Å². The van der Waals surface area contributed by atoms with Crippen molar-refractivity contribution < 1.29 is 28.5 Å². The molecule has 2 fully saturated rings. The lowest BCUT2D eigenvalue weighted by molar-refractivity contribution is -0.0388. The molecule has 0 spiro atoms. The summed E-state index contributed by atoms with van der Waals surface area (Å²) in [6, 6.07) is 33.2. The normalized spacial score (nSPS) is 20.4. The van der Waals surface area contributed by atoms with Crippen LogP contribution in [0.4, 0.5) is 0 Å². The molecule has 0 radical (unpaired) electrons. The standard InChI is InChI=1S/C52H66O6/c1-3-13-39-21-25-41(26-22-39)15-11-37-55-47-33-29-45(30-34-47)51(53)57-49(43-17-7-5-8-18-43)50(44-19-9-6-10-20-44)58-52(54)46-31-35-48(36-32-46)56-38-12-16-42-27-23-40(14-4-2)24-28-42/h5-10,17-20,29-36,39-42,49-50H,3-4,11-16,21-28,37-38H2,1-2H3/t39?,40?,41?,42?,49-,50-/m1/s1. The Bertz CT molecular complexity index is 1620. The molecule has 2 saturated carbocycles. The maximum atomic E-state index is 13.8. The molecule has 0 aromatic heterocycles. The Morgan fingerprint density at radius 1 is 0.466 bits per heavy atom. The average molecular weight is 787 g/mol. The average Bonchev–Trinajstić information content (AvgIpc) is 3.27. The van der Waals surface area contributed by atoms with E-state index in [0.717, 1.165) is 48.0 Å². The van der Waals surface area contributed by atoms with Gasteiger partial charge in [-0.05, 0) is 109 Å². The number of carbonyl (C=O) groups excluding carboxylic acids is 2. The molecule has 4 aromatic carbocycles. The summed E-state index contributed by atoms with van der Waals surface area (Å²) in [6.07, 6.45) is 18.9. The minimum atomic E-state index is -0.905. The molecule has 2 aliphatic rings. The van der Waals surface area contributed by atoms with Crippen molar-refractivity contribution in [2.24, 2.45) is 23.7 Å². The maximum absolute atomic E-state index is 13.8. The Hall–Kier alpha value is -4.58. The molecule has 6 heteroatoms. The first-order chi connectivity index (χ1) is 28.5. The van der Waals surface area contributed by atoms with Crippen molar-refractivity contribution >= 4 is 11.9 Å². The molecule has 310 valence electrons. The van der Waals surface area contributed by atoms with E-state index in [2.05, 4.69) is 13.8 Å². The van der Waals surface area contributed by atoms with E-state index in [1.165, 1.54) is 89.9 Å². The van der Waals surface area contributed by atoms with Crippen LogP contribution in [0.15, 0.2) is 109 Å². The van der Waals surface area contributed by atoms with Gasteiger partial charge >= 0.3 is 11.9 Å². The highest BCUT2D eigenvalue weighted by atomic mass is 16.6. The van der Waals surface area contributed by atoms with Gasteiger partial charge in [0.1, 0.15) is 11.5 Å². The van der Waals surface area contributed by atoms with Gasteiger partial charge in [-0.1, -0.05) is 152 Å². The topological polar surface area (TPSA) is 71.1 Å². The summed E-state index contributed by atoms with van der Waals surface area (Å²) in [5.74, 6) is 3.92. The van der Waals surface area contributed by atoms with Crippen molar-refractivity contribution in [3.8, 4) is 11.5 Å². The van der Waals surface area contributed by atoms with Crippen LogP contribution in [0.5, 0.6) is 11.5 Å². The third kappa shape index (κ3) is 13.2. The second kappa shape index (κ2) is 23.1. The molecule has 0 bridgehead atoms. The van der Waals surface area contributed by atoms with Crippen LogP contribution in [0.3, 0.4) is 0 Å². The molecule has 2 aliphatic carbocycles. The molecule has 6 nitrogen and oxygen atoms in total. The highest BCUT2D eigenvalue weighted by molar-refractivity contribution is 5.90. The van der Waals surface area contributed by atoms with E-state index in [0.29, 0.717) is 35.5 Å². The van der Waals surface area contributed by atoms with E-state index in [-0.39, 0.29) is 0 Å². The van der Waals surface area contributed by atoms with Crippen LogP contribution in [-0.4, -0.2) is 25.2 Å². The summed E-state index contributed by atoms with van der Waals surface area (Å²) in [4.78, 5) is 27.6. The van der Waals surface area contributed by atoms with Crippen LogP contribution in [0, 0.1) is 23.7 Å². The van der Waals surface area contributed by atoms with Gasteiger partial charge in [-0.3, -0.25) is 0 Å². The van der Waals surface area contributed by atoms with Crippen LogP contribution in [0.1, 0.15) is 161 Å². The summed E-state index contributed by atoms with van der Waals surface area (Å²) >= 11 is 0. The first-order valence-corrected chi connectivity index (χ1v) is 22.5. The zero-order valence-electron chi connectivity index (χ0n) is 35.0. The first-order valence-electron chi connectivity index (χ1n) is 22.5. The number of hydrogen-bond donors (Lipinski definition) is 0. The van der Waals surface area contributed by atoms with Crippen LogP contribution in [0.25, 0.3) is 0 Å². The fraction of sp³-hybridized carbons (Fsp3) is 0.500. The monoisotopic (exact) mass is 786 g/mol. The van der Waals surface area contributed by atoms with Gasteiger partial charge in [0.15, 0.2) is 12.2 Å². The van der Waals surface area contributed by atoms with Crippen molar-refractivity contribution in [3.63, 3.8) is 0 Å². The third-order valence-electron chi connectivity index (χ3n) is 12.6. The van der Waals surface area contributed by atoms with Crippen LogP contribution in [-0.2, 0) is 9.47 Å². The van der Waals surface area contributed by atoms with E-state index < -0.39 is 24.1 Å². The number of ether oxygens (including phenoxy) is 4. The summed E-state index contributed by atoms with van der Waals surface area (Å²) in [6.45, 7) is 5.90. The number of carbonyl (C=O) groups is 2. The lowest BCUT2D eigenvalue weighted by Gasteiger charge is -2.28. The molecule has 0 amide bonds. The fourth-order valence-electron chi connectivity index (χ4n) is 9.19. The van der Waals surface area contributed by atoms with Gasteiger partial charge in [-0.2, -0.15) is 0 Å². The molecule has 0 heterocycles. The van der Waals surface area contributed by atoms with Crippen molar-refractivity contribution in [1.29, 1.82) is 0 Å². The van der Waals surface area contributed by atoms with Gasteiger partial charge < -0.3 is 18.9 Å². The molecule has 0 unspecified atom stereocenters. The summed E-state index contributed by atoms with van der Waals surface area (Å²) in [5, 5.41) is 0. The third-order valence-corrected chi connectivity index (χ3v) is 12.6. The van der Waals surface area contributed by atoms with Crippen LogP contribution >= 0.6 is 0 Å². The summed E-state index contributed by atoms with van der Waals surface area (Å²) < 4.78 is 24.7. The van der Waals surface area contributed by atoms with E-state index in [1.807, 2.05) is 84.9 Å². The van der Waals surface area contributed by atoms with Gasteiger partial charge in [-0.25, -0.2) is 9.59 Å². The minimum Gasteiger partial charge on any atom is -0.494 e. The predicted octanol–water partition coefficient (Wildman–Crippen LogP) is 13.7. The highest BCUT2D eigenvalue weighted by Gasteiger charge is 2.33. The summed E-state index contributed by atoms with van der Waals surface area (Å²) in [7, 11) is 0. The zero-order chi connectivity index (χ0) is 40.4. The molecule has 4 aromatic rings. The van der Waals surface area contributed by atoms with Gasteiger partial charge in [0, 0.05) is 0 Å². The molecular formula is C52H66O6. The molecule has 2 atom stereocenters. The smallest absolute Gasteiger partial charge is 0.338 e. The molecule has 0 N–H and O–H groups in total. The molecule has 6 rings (SSSR count). The summed E-state index contributed by atoms with van der Waals surface area (Å²) in [5.41, 5.74) is 2.22. The Kier molecular flexibility index (Phi) is 17.1. The van der Waals surface area contributed by atoms with Crippen molar-refractivity contribution in [3.05, 3.63) is 131 Å². The largest absolute Gasteiger partial charge is 0.494 e. The Morgan fingerprint density at radius 2 is 0.793 bits per heavy atom. The quantitative estimate of drug-likeness (QED) is 0.0619. The Labute approximate surface area is 348 Å². The molecular weight excluding hydrogens is 721 g/mol. The lowest BCUT2D eigenvalue weighted by Crippen LogP contribution is -2.23. The number of benzene rings is 4. The van der Waals surface area contributed by atoms with Crippen LogP contribution < -0.4 is 9.47 Å². The van der Waals surface area contributed by atoms with E-state index >= 15 is 0 Å². The SMILES string of the molecule is CCCC1CCC(CCCOc2ccc(C(=O)O[C@H](c3ccccc3)[C@H](OC(=O)c3ccc(OCCCC4CCC(CCC)CC4)cc3)c3ccccc3)cc2)CC1. The Morgan fingerprint density at radius 3 is 1.12 bits per heavy atom. The van der Waals surface area contributed by atoms with E-state index in [9.17, 15) is 9.59 Å². The lowest BCUT2D eigenvalue weighted by atomic mass is 9.78. The van der Waals surface area contributed by atoms with Gasteiger partial charge in [-0.15, -0.1) is 0 Å². The van der Waals surface area contributed by atoms with Crippen LogP contribution in [0.2, 0.25) is 0 Å². The Balaban J connectivity index is 1.04. The maximum Gasteiger partial charge on any atom is 0.338 e. The molecule has 0 aliphatic heterocycles. The second-order valence-corrected chi connectivity index (χ2v) is 16.9.